The number of alkyl halides is 1. The van der Waals surface area contributed by atoms with Crippen LogP contribution in [0.3, 0.4) is 0 Å². The second-order valence-electron chi connectivity index (χ2n) is 5.86. The van der Waals surface area contributed by atoms with Crippen LogP contribution in [0.4, 0.5) is 0 Å². The summed E-state index contributed by atoms with van der Waals surface area (Å²) >= 11 is 5.78. The molecule has 2 rings (SSSR count). The molecule has 1 aromatic rings. The maximum absolute atomic E-state index is 12.7. The van der Waals surface area contributed by atoms with Crippen molar-refractivity contribution in [3.05, 3.63) is 11.4 Å². The SMILES string of the molecule is Cc1[nH]nc(CCl)c1S(=O)(=O)N1CCCC(C)(C)C1. The number of halogens is 1. The first kappa shape index (κ1) is 14.8. The molecule has 0 saturated carbocycles. The Morgan fingerprint density at radius 3 is 2.74 bits per heavy atom. The van der Waals surface area contributed by atoms with E-state index in [0.29, 0.717) is 24.5 Å². The average Bonchev–Trinajstić information content (AvgIpc) is 2.69. The number of nitrogens with one attached hydrogen (secondary N) is 1. The fourth-order valence-electron chi connectivity index (χ4n) is 2.61. The third-order valence-corrected chi connectivity index (χ3v) is 5.85. The van der Waals surface area contributed by atoms with Gasteiger partial charge in [-0.05, 0) is 25.2 Å². The van der Waals surface area contributed by atoms with Crippen LogP contribution < -0.4 is 0 Å². The minimum atomic E-state index is -3.51. The summed E-state index contributed by atoms with van der Waals surface area (Å²) in [7, 11) is -3.51. The van der Waals surface area contributed by atoms with Crippen molar-refractivity contribution in [1.82, 2.24) is 14.5 Å². The molecule has 0 aromatic carbocycles. The van der Waals surface area contributed by atoms with Crippen LogP contribution in [0.15, 0.2) is 4.90 Å². The molecule has 1 aromatic heterocycles. The van der Waals surface area contributed by atoms with Crippen LogP contribution in [0.1, 0.15) is 38.1 Å². The summed E-state index contributed by atoms with van der Waals surface area (Å²) in [5, 5.41) is 6.68. The van der Waals surface area contributed by atoms with Crippen LogP contribution in [0, 0.1) is 12.3 Å². The summed E-state index contributed by atoms with van der Waals surface area (Å²) in [5.41, 5.74) is 0.978. The van der Waals surface area contributed by atoms with Crippen molar-refractivity contribution in [2.24, 2.45) is 5.41 Å². The largest absolute Gasteiger partial charge is 0.281 e. The molecule has 0 unspecified atom stereocenters. The Hall–Kier alpha value is -0.590. The van der Waals surface area contributed by atoms with Gasteiger partial charge in [-0.3, -0.25) is 5.10 Å². The monoisotopic (exact) mass is 305 g/mol. The second kappa shape index (κ2) is 5.07. The molecule has 1 aliphatic heterocycles. The van der Waals surface area contributed by atoms with Crippen molar-refractivity contribution >= 4 is 21.6 Å². The summed E-state index contributed by atoms with van der Waals surface area (Å²) in [4.78, 5) is 0.250. The third kappa shape index (κ3) is 2.80. The van der Waals surface area contributed by atoms with E-state index in [2.05, 4.69) is 24.0 Å². The van der Waals surface area contributed by atoms with Gasteiger partial charge < -0.3 is 0 Å². The molecular weight excluding hydrogens is 286 g/mol. The van der Waals surface area contributed by atoms with E-state index in [1.54, 1.807) is 11.2 Å². The van der Waals surface area contributed by atoms with Crippen LogP contribution in [0.5, 0.6) is 0 Å². The molecule has 2 heterocycles. The van der Waals surface area contributed by atoms with Crippen molar-refractivity contribution in [2.75, 3.05) is 13.1 Å². The topological polar surface area (TPSA) is 66.1 Å². The van der Waals surface area contributed by atoms with Crippen LogP contribution in [0.25, 0.3) is 0 Å². The number of rotatable bonds is 3. The molecule has 0 radical (unpaired) electrons. The number of H-pyrrole nitrogens is 1. The van der Waals surface area contributed by atoms with E-state index >= 15 is 0 Å². The van der Waals surface area contributed by atoms with Crippen LogP contribution in [-0.2, 0) is 15.9 Å². The van der Waals surface area contributed by atoms with E-state index in [-0.39, 0.29) is 16.2 Å². The normalized spacial score (nSPS) is 20.6. The molecule has 1 fully saturated rings. The zero-order valence-electron chi connectivity index (χ0n) is 11.5. The minimum absolute atomic E-state index is 0.0179. The molecule has 108 valence electrons. The summed E-state index contributed by atoms with van der Waals surface area (Å²) in [6.45, 7) is 7.02. The number of aryl methyl sites for hydroxylation is 1. The molecule has 1 aliphatic rings. The number of aromatic amines is 1. The average molecular weight is 306 g/mol. The standard InChI is InChI=1S/C12H20ClN3O2S/c1-9-11(10(7-13)15-14-9)19(17,18)16-6-4-5-12(2,3)8-16/h4-8H2,1-3H3,(H,14,15). The summed E-state index contributed by atoms with van der Waals surface area (Å²) in [5.74, 6) is 0.0934. The lowest BCUT2D eigenvalue weighted by molar-refractivity contribution is 0.187. The van der Waals surface area contributed by atoms with Gasteiger partial charge in [0.1, 0.15) is 4.90 Å². The highest BCUT2D eigenvalue weighted by Crippen LogP contribution is 2.33. The first-order chi connectivity index (χ1) is 8.78. The lowest BCUT2D eigenvalue weighted by Gasteiger charge is -2.37. The number of sulfonamides is 1. The maximum atomic E-state index is 12.7. The Morgan fingerprint density at radius 1 is 1.47 bits per heavy atom. The Morgan fingerprint density at radius 2 is 2.16 bits per heavy atom. The first-order valence-corrected chi connectivity index (χ1v) is 8.35. The molecule has 1 saturated heterocycles. The molecule has 0 amide bonds. The Bertz CT molecular complexity index is 566. The van der Waals surface area contributed by atoms with E-state index in [1.807, 2.05) is 0 Å². The molecule has 1 N–H and O–H groups in total. The van der Waals surface area contributed by atoms with Crippen molar-refractivity contribution in [2.45, 2.75) is 44.4 Å². The van der Waals surface area contributed by atoms with Crippen molar-refractivity contribution in [3.8, 4) is 0 Å². The van der Waals surface area contributed by atoms with Gasteiger partial charge in [-0.15, -0.1) is 11.6 Å². The number of aromatic nitrogens is 2. The summed E-state index contributed by atoms with van der Waals surface area (Å²) in [6.07, 6.45) is 1.94. The van der Waals surface area contributed by atoms with Gasteiger partial charge in [0.25, 0.3) is 0 Å². The zero-order valence-corrected chi connectivity index (χ0v) is 13.1. The third-order valence-electron chi connectivity index (χ3n) is 3.55. The summed E-state index contributed by atoms with van der Waals surface area (Å²) in [6, 6.07) is 0. The van der Waals surface area contributed by atoms with Gasteiger partial charge in [-0.2, -0.15) is 9.40 Å². The fraction of sp³-hybridized carbons (Fsp3) is 0.750. The second-order valence-corrected chi connectivity index (χ2v) is 8.01. The zero-order chi connectivity index (χ0) is 14.3. The van der Waals surface area contributed by atoms with Gasteiger partial charge in [0, 0.05) is 13.1 Å². The maximum Gasteiger partial charge on any atom is 0.246 e. The fourth-order valence-corrected chi connectivity index (χ4v) is 4.87. The summed E-state index contributed by atoms with van der Waals surface area (Å²) < 4.78 is 27.0. The van der Waals surface area contributed by atoms with Crippen molar-refractivity contribution in [3.63, 3.8) is 0 Å². The van der Waals surface area contributed by atoms with Gasteiger partial charge in [-0.25, -0.2) is 8.42 Å². The predicted molar refractivity (Wildman–Crippen MR) is 74.7 cm³/mol. The van der Waals surface area contributed by atoms with Gasteiger partial charge in [0.2, 0.25) is 10.0 Å². The van der Waals surface area contributed by atoms with E-state index in [0.717, 1.165) is 12.8 Å². The molecule has 0 atom stereocenters. The lowest BCUT2D eigenvalue weighted by atomic mass is 9.85. The van der Waals surface area contributed by atoms with E-state index in [9.17, 15) is 8.42 Å². The molecule has 7 heteroatoms. The predicted octanol–water partition coefficient (Wildman–Crippen LogP) is 2.27. The Balaban J connectivity index is 2.39. The van der Waals surface area contributed by atoms with Crippen molar-refractivity contribution < 1.29 is 8.42 Å². The minimum Gasteiger partial charge on any atom is -0.281 e. The molecule has 19 heavy (non-hydrogen) atoms. The van der Waals surface area contributed by atoms with Crippen LogP contribution >= 0.6 is 11.6 Å². The number of nitrogens with zero attached hydrogens (tertiary/aromatic N) is 2. The van der Waals surface area contributed by atoms with E-state index < -0.39 is 10.0 Å². The van der Waals surface area contributed by atoms with Gasteiger partial charge >= 0.3 is 0 Å². The van der Waals surface area contributed by atoms with Gasteiger partial charge in [-0.1, -0.05) is 13.8 Å². The quantitative estimate of drug-likeness (QED) is 0.871. The number of hydrogen-bond donors (Lipinski definition) is 1. The molecule has 0 spiro atoms. The van der Waals surface area contributed by atoms with E-state index in [1.165, 1.54) is 0 Å². The van der Waals surface area contributed by atoms with E-state index in [4.69, 9.17) is 11.6 Å². The molecule has 0 aliphatic carbocycles. The van der Waals surface area contributed by atoms with Crippen molar-refractivity contribution in [1.29, 1.82) is 0 Å². The molecule has 0 bridgehead atoms. The number of piperidine rings is 1. The van der Waals surface area contributed by atoms with Gasteiger partial charge in [0.05, 0.1) is 17.3 Å². The smallest absolute Gasteiger partial charge is 0.246 e. The highest BCUT2D eigenvalue weighted by atomic mass is 35.5. The van der Waals surface area contributed by atoms with Crippen LogP contribution in [0.2, 0.25) is 0 Å². The van der Waals surface area contributed by atoms with Crippen LogP contribution in [-0.4, -0.2) is 36.0 Å². The Labute approximate surface area is 119 Å². The highest BCUT2D eigenvalue weighted by molar-refractivity contribution is 7.89. The molecular formula is C12H20ClN3O2S. The highest BCUT2D eigenvalue weighted by Gasteiger charge is 2.36. The Kier molecular flexibility index (Phi) is 3.95. The number of hydrogen-bond acceptors (Lipinski definition) is 3. The molecule has 5 nitrogen and oxygen atoms in total. The first-order valence-electron chi connectivity index (χ1n) is 6.38. The van der Waals surface area contributed by atoms with Gasteiger partial charge in [0.15, 0.2) is 0 Å². The lowest BCUT2D eigenvalue weighted by Crippen LogP contribution is -2.43.